The summed E-state index contributed by atoms with van der Waals surface area (Å²) in [4.78, 5) is 0. The van der Waals surface area contributed by atoms with E-state index in [1.807, 2.05) is 0 Å². The van der Waals surface area contributed by atoms with Gasteiger partial charge in [-0.1, -0.05) is 0 Å². The molecule has 0 heterocycles. The van der Waals surface area contributed by atoms with Gasteiger partial charge in [0, 0.05) is 0 Å². The maximum absolute atomic E-state index is 13.3. The predicted molar refractivity (Wildman–Crippen MR) is 67.2 cm³/mol. The zero-order valence-electron chi connectivity index (χ0n) is 13.7. The van der Waals surface area contributed by atoms with Crippen molar-refractivity contribution in [2.45, 2.75) is 46.6 Å². The van der Waals surface area contributed by atoms with Crippen LogP contribution in [0.3, 0.4) is 0 Å². The van der Waals surface area contributed by atoms with E-state index in [4.69, 9.17) is 0 Å². The van der Waals surface area contributed by atoms with Crippen molar-refractivity contribution in [1.82, 2.24) is 0 Å². The van der Waals surface area contributed by atoms with Gasteiger partial charge in [0.2, 0.25) is 0 Å². The van der Waals surface area contributed by atoms with Crippen molar-refractivity contribution in [3.63, 3.8) is 0 Å². The SMILES string of the molecule is O=S(=O)(SS(=O)(=O)C(F)(F)C(F)(F)C(F)(F)C(F)(F)F)C(F)(F)C(F)(F)C(F)(F)C(F)(F)F. The van der Waals surface area contributed by atoms with E-state index in [2.05, 4.69) is 0 Å². The Morgan fingerprint density at radius 1 is 0.364 bits per heavy atom. The third-order valence-corrected chi connectivity index (χ3v) is 10.7. The van der Waals surface area contributed by atoms with Gasteiger partial charge in [-0.2, -0.15) is 79.0 Å². The molecule has 0 unspecified atom stereocenters. The lowest BCUT2D eigenvalue weighted by atomic mass is 10.1. The molecule has 0 amide bonds. The molecule has 4 nitrogen and oxygen atoms in total. The summed E-state index contributed by atoms with van der Waals surface area (Å²) in [6.07, 6.45) is -15.5. The smallest absolute Gasteiger partial charge is 0.210 e. The highest BCUT2D eigenvalue weighted by atomic mass is 33.5. The second-order valence-electron chi connectivity index (χ2n) is 5.30. The van der Waals surface area contributed by atoms with Gasteiger partial charge in [-0.05, 0) is 0 Å². The Hall–Kier alpha value is -1.01. The molecule has 0 saturated carbocycles. The number of halogens is 18. The highest BCUT2D eigenvalue weighted by molar-refractivity contribution is 9.04. The Balaban J connectivity index is 6.73. The minimum absolute atomic E-state index is 3.69. The Labute approximate surface area is 170 Å². The van der Waals surface area contributed by atoms with Gasteiger partial charge in [0.25, 0.3) is 17.7 Å². The molecule has 0 aliphatic carbocycles. The predicted octanol–water partition coefficient (Wildman–Crippen LogP) is 5.23. The van der Waals surface area contributed by atoms with Crippen molar-refractivity contribution >= 4 is 27.6 Å². The molecule has 0 atom stereocenters. The van der Waals surface area contributed by atoms with Crippen LogP contribution in [0, 0.1) is 0 Å². The number of hydrogen-bond donors (Lipinski definition) is 0. The van der Waals surface area contributed by atoms with Crippen LogP contribution in [0.5, 0.6) is 0 Å². The molecule has 0 bridgehead atoms. The summed E-state index contributed by atoms with van der Waals surface area (Å²) in [7, 11) is -20.7. The van der Waals surface area contributed by atoms with E-state index in [1.165, 1.54) is 0 Å². The summed E-state index contributed by atoms with van der Waals surface area (Å²) in [5.74, 6) is -32.7. The average molecular weight is 598 g/mol. The number of alkyl halides is 18. The van der Waals surface area contributed by atoms with Gasteiger partial charge in [-0.3, -0.25) is 0 Å². The fraction of sp³-hybridized carbons (Fsp3) is 1.00. The summed E-state index contributed by atoms with van der Waals surface area (Å²) >= 11 is 0. The maximum Gasteiger partial charge on any atom is 0.460 e. The first kappa shape index (κ1) is 32.0. The minimum atomic E-state index is -8.52. The lowest BCUT2D eigenvalue weighted by molar-refractivity contribution is -0.382. The van der Waals surface area contributed by atoms with Crippen LogP contribution in [-0.4, -0.2) is 63.4 Å². The van der Waals surface area contributed by atoms with E-state index in [0.29, 0.717) is 0 Å². The van der Waals surface area contributed by atoms with Crippen molar-refractivity contribution in [2.24, 2.45) is 0 Å². The first-order valence-corrected chi connectivity index (χ1v) is 11.1. The van der Waals surface area contributed by atoms with E-state index in [-0.39, 0.29) is 0 Å². The monoisotopic (exact) mass is 598 g/mol. The molecule has 33 heavy (non-hydrogen) atoms. The van der Waals surface area contributed by atoms with Crippen LogP contribution in [-0.2, 0) is 17.7 Å². The van der Waals surface area contributed by atoms with E-state index >= 15 is 0 Å². The van der Waals surface area contributed by atoms with Crippen LogP contribution in [0.25, 0.3) is 0 Å². The van der Waals surface area contributed by atoms with E-state index < -0.39 is 74.1 Å². The molecule has 25 heteroatoms. The Morgan fingerprint density at radius 3 is 0.697 bits per heavy atom. The molecule has 0 rings (SSSR count). The van der Waals surface area contributed by atoms with Crippen molar-refractivity contribution in [3.05, 3.63) is 0 Å². The molecule has 0 spiro atoms. The first-order chi connectivity index (χ1) is 13.7. The molecule has 0 aliphatic rings. The Bertz CT molecular complexity index is 878. The number of hydrogen-bond acceptors (Lipinski definition) is 5. The fourth-order valence-electron chi connectivity index (χ4n) is 1.24. The first-order valence-electron chi connectivity index (χ1n) is 6.31. The average Bonchev–Trinajstić information content (AvgIpc) is 2.50. The van der Waals surface area contributed by atoms with Gasteiger partial charge < -0.3 is 0 Å². The van der Waals surface area contributed by atoms with Crippen molar-refractivity contribution in [2.75, 3.05) is 0 Å². The molecule has 0 aromatic carbocycles. The van der Waals surface area contributed by atoms with Crippen LogP contribution in [0.4, 0.5) is 79.0 Å². The molecular formula is C8F18O4S3. The van der Waals surface area contributed by atoms with Gasteiger partial charge in [0.1, 0.15) is 9.83 Å². The summed E-state index contributed by atoms with van der Waals surface area (Å²) in [5.41, 5.74) is 0. The Kier molecular flexibility index (Phi) is 7.51. The molecule has 0 aliphatic heterocycles. The van der Waals surface area contributed by atoms with Gasteiger partial charge in [0.15, 0.2) is 0 Å². The maximum atomic E-state index is 13.3. The van der Waals surface area contributed by atoms with E-state index in [9.17, 15) is 95.9 Å². The van der Waals surface area contributed by atoms with Gasteiger partial charge in [-0.15, -0.1) is 0 Å². The molecule has 0 fully saturated rings. The summed E-state index contributed by atoms with van der Waals surface area (Å²) in [6, 6.07) is 0. The van der Waals surface area contributed by atoms with Crippen LogP contribution < -0.4 is 0 Å². The zero-order chi connectivity index (χ0) is 27.7. The van der Waals surface area contributed by atoms with Crippen molar-refractivity contribution in [1.29, 1.82) is 0 Å². The zero-order valence-corrected chi connectivity index (χ0v) is 16.1. The summed E-state index contributed by atoms with van der Waals surface area (Å²) in [6.45, 7) is 0. The topological polar surface area (TPSA) is 68.3 Å². The second kappa shape index (κ2) is 7.74. The minimum Gasteiger partial charge on any atom is -0.210 e. The van der Waals surface area contributed by atoms with Gasteiger partial charge in [-0.25, -0.2) is 16.8 Å². The molecule has 200 valence electrons. The molecule has 0 aromatic rings. The van der Waals surface area contributed by atoms with E-state index in [1.54, 1.807) is 0 Å². The third-order valence-electron chi connectivity index (χ3n) is 3.04. The van der Waals surface area contributed by atoms with Gasteiger partial charge in [0.05, 0.1) is 0 Å². The van der Waals surface area contributed by atoms with Crippen LogP contribution >= 0.6 is 9.83 Å². The van der Waals surface area contributed by atoms with Crippen molar-refractivity contribution < 1.29 is 95.9 Å². The lowest BCUT2D eigenvalue weighted by Gasteiger charge is -2.34. The largest absolute Gasteiger partial charge is 0.460 e. The quantitative estimate of drug-likeness (QED) is 0.283. The number of rotatable bonds is 8. The van der Waals surface area contributed by atoms with Gasteiger partial charge >= 0.3 is 46.6 Å². The third kappa shape index (κ3) is 4.39. The highest BCUT2D eigenvalue weighted by Gasteiger charge is 2.88. The second-order valence-corrected chi connectivity index (χ2v) is 12.5. The molecular weight excluding hydrogens is 598 g/mol. The van der Waals surface area contributed by atoms with Crippen LogP contribution in [0.1, 0.15) is 0 Å². The van der Waals surface area contributed by atoms with Crippen LogP contribution in [0.15, 0.2) is 0 Å². The summed E-state index contributed by atoms with van der Waals surface area (Å²) < 4.78 is 271. The molecule has 0 saturated heterocycles. The van der Waals surface area contributed by atoms with Crippen molar-refractivity contribution in [3.8, 4) is 0 Å². The lowest BCUT2D eigenvalue weighted by Crippen LogP contribution is -2.64. The molecule has 0 N–H and O–H groups in total. The van der Waals surface area contributed by atoms with Crippen LogP contribution in [0.2, 0.25) is 0 Å². The normalized spacial score (nSPS) is 16.8. The van der Waals surface area contributed by atoms with E-state index in [0.717, 1.165) is 0 Å². The Morgan fingerprint density at radius 2 is 0.545 bits per heavy atom. The molecule has 0 aromatic heterocycles. The standard InChI is InChI=1S/C8F18O4S3/c9-1(10,5(17,18)19)3(13,14)7(23,24)32(27,28)31-33(29,30)8(25,26)4(15,16)2(11,12)6(20,21)22. The highest BCUT2D eigenvalue weighted by Crippen LogP contribution is 2.60. The molecule has 0 radical (unpaired) electrons. The summed E-state index contributed by atoms with van der Waals surface area (Å²) in [5, 5.41) is -16.2. The fourth-order valence-corrected chi connectivity index (χ4v) is 8.04.